The van der Waals surface area contributed by atoms with Gasteiger partial charge in [-0.15, -0.1) is 0 Å². The molecular formula is C12H22N4O3. The third kappa shape index (κ3) is 3.44. The van der Waals surface area contributed by atoms with Gasteiger partial charge in [-0.05, 0) is 13.8 Å². The molecule has 0 bridgehead atoms. The van der Waals surface area contributed by atoms with Crippen molar-refractivity contribution in [3.63, 3.8) is 0 Å². The Morgan fingerprint density at radius 3 is 2.53 bits per heavy atom. The molecule has 0 unspecified atom stereocenters. The van der Waals surface area contributed by atoms with Gasteiger partial charge in [-0.2, -0.15) is 5.10 Å². The van der Waals surface area contributed by atoms with E-state index in [1.54, 1.807) is 14.2 Å². The molecule has 0 aliphatic carbocycles. The summed E-state index contributed by atoms with van der Waals surface area (Å²) in [5, 5.41) is 18.5. The Hall–Kier alpha value is -1.63. The second-order valence-electron chi connectivity index (χ2n) is 5.44. The van der Waals surface area contributed by atoms with Gasteiger partial charge in [0.25, 0.3) is 0 Å². The standard InChI is InChI=1S/C12H22N4O3/c1-8(2)9-10(16(17)18)11(15(5)14-9)13-7-12(3,4)19-6/h8,13H,7H2,1-6H3. The van der Waals surface area contributed by atoms with E-state index in [-0.39, 0.29) is 16.5 Å². The smallest absolute Gasteiger partial charge is 0.334 e. The van der Waals surface area contributed by atoms with E-state index in [2.05, 4.69) is 10.4 Å². The van der Waals surface area contributed by atoms with Gasteiger partial charge < -0.3 is 10.1 Å². The number of anilines is 1. The van der Waals surface area contributed by atoms with Crippen molar-refractivity contribution in [2.24, 2.45) is 7.05 Å². The molecule has 0 saturated carbocycles. The molecule has 0 aliphatic heterocycles. The van der Waals surface area contributed by atoms with E-state index < -0.39 is 5.60 Å². The highest BCUT2D eigenvalue weighted by atomic mass is 16.6. The lowest BCUT2D eigenvalue weighted by Gasteiger charge is -2.23. The molecule has 108 valence electrons. The molecule has 0 saturated heterocycles. The summed E-state index contributed by atoms with van der Waals surface area (Å²) in [5.41, 5.74) is 0.130. The van der Waals surface area contributed by atoms with Crippen LogP contribution in [0.1, 0.15) is 39.3 Å². The SMILES string of the molecule is COC(C)(C)CNc1c([N+](=O)[O-])c(C(C)C)nn1C. The van der Waals surface area contributed by atoms with Crippen LogP contribution in [0, 0.1) is 10.1 Å². The third-order valence-corrected chi connectivity index (χ3v) is 3.01. The molecule has 1 rings (SSSR count). The highest BCUT2D eigenvalue weighted by Gasteiger charge is 2.29. The predicted octanol–water partition coefficient (Wildman–Crippen LogP) is 2.29. The molecule has 7 heteroatoms. The molecule has 7 nitrogen and oxygen atoms in total. The number of nitrogens with zero attached hydrogens (tertiary/aromatic N) is 3. The summed E-state index contributed by atoms with van der Waals surface area (Å²) in [5.74, 6) is 0.413. The highest BCUT2D eigenvalue weighted by molar-refractivity contribution is 5.60. The molecule has 0 amide bonds. The second kappa shape index (κ2) is 5.56. The van der Waals surface area contributed by atoms with Gasteiger partial charge in [-0.3, -0.25) is 10.1 Å². The summed E-state index contributed by atoms with van der Waals surface area (Å²) in [4.78, 5) is 10.9. The van der Waals surface area contributed by atoms with Crippen molar-refractivity contribution in [2.45, 2.75) is 39.2 Å². The van der Waals surface area contributed by atoms with Crippen LogP contribution in [0.2, 0.25) is 0 Å². The van der Waals surface area contributed by atoms with Crippen molar-refractivity contribution >= 4 is 11.5 Å². The first-order valence-corrected chi connectivity index (χ1v) is 6.20. The Balaban J connectivity index is 3.10. The highest BCUT2D eigenvalue weighted by Crippen LogP contribution is 2.33. The number of rotatable bonds is 6. The average molecular weight is 270 g/mol. The van der Waals surface area contributed by atoms with Crippen molar-refractivity contribution in [2.75, 3.05) is 19.0 Å². The fourth-order valence-electron chi connectivity index (χ4n) is 1.67. The van der Waals surface area contributed by atoms with Crippen LogP contribution in [-0.4, -0.2) is 34.0 Å². The normalized spacial score (nSPS) is 11.9. The fourth-order valence-corrected chi connectivity index (χ4v) is 1.67. The van der Waals surface area contributed by atoms with Crippen molar-refractivity contribution in [3.05, 3.63) is 15.8 Å². The number of ether oxygens (including phenoxy) is 1. The molecule has 0 spiro atoms. The molecule has 19 heavy (non-hydrogen) atoms. The first kappa shape index (κ1) is 15.4. The molecule has 0 radical (unpaired) electrons. The number of hydrogen-bond acceptors (Lipinski definition) is 5. The molecule has 0 aliphatic rings. The number of hydrogen-bond donors (Lipinski definition) is 1. The maximum Gasteiger partial charge on any atom is 0.334 e. The molecule has 1 aromatic rings. The molecule has 1 N–H and O–H groups in total. The molecule has 1 heterocycles. The number of aromatic nitrogens is 2. The minimum absolute atomic E-state index is 0.00224. The molecule has 1 aromatic heterocycles. The van der Waals surface area contributed by atoms with Gasteiger partial charge in [0.2, 0.25) is 5.82 Å². The number of nitrogens with one attached hydrogen (secondary N) is 1. The van der Waals surface area contributed by atoms with Crippen molar-refractivity contribution < 1.29 is 9.66 Å². The van der Waals surface area contributed by atoms with E-state index in [9.17, 15) is 10.1 Å². The van der Waals surface area contributed by atoms with Crippen LogP contribution in [0.25, 0.3) is 0 Å². The first-order valence-electron chi connectivity index (χ1n) is 6.20. The summed E-state index contributed by atoms with van der Waals surface area (Å²) in [6.07, 6.45) is 0. The van der Waals surface area contributed by atoms with Gasteiger partial charge in [-0.1, -0.05) is 13.8 Å². The van der Waals surface area contributed by atoms with Crippen LogP contribution < -0.4 is 5.32 Å². The van der Waals surface area contributed by atoms with Crippen LogP contribution in [0.15, 0.2) is 0 Å². The topological polar surface area (TPSA) is 82.2 Å². The molecule has 0 atom stereocenters. The summed E-state index contributed by atoms with van der Waals surface area (Å²) >= 11 is 0. The largest absolute Gasteiger partial charge is 0.377 e. The quantitative estimate of drug-likeness (QED) is 0.633. The minimum Gasteiger partial charge on any atom is -0.377 e. The van der Waals surface area contributed by atoms with E-state index in [1.807, 2.05) is 27.7 Å². The lowest BCUT2D eigenvalue weighted by Crippen LogP contribution is -2.32. The van der Waals surface area contributed by atoms with E-state index >= 15 is 0 Å². The van der Waals surface area contributed by atoms with Crippen molar-refractivity contribution in [3.8, 4) is 0 Å². The van der Waals surface area contributed by atoms with Crippen LogP contribution >= 0.6 is 0 Å². The predicted molar refractivity (Wildman–Crippen MR) is 73.5 cm³/mol. The first-order chi connectivity index (χ1) is 8.69. The maximum absolute atomic E-state index is 11.2. The van der Waals surface area contributed by atoms with Crippen LogP contribution in [0.3, 0.4) is 0 Å². The van der Waals surface area contributed by atoms with Crippen molar-refractivity contribution in [1.29, 1.82) is 0 Å². The Morgan fingerprint density at radius 2 is 2.11 bits per heavy atom. The zero-order valence-corrected chi connectivity index (χ0v) is 12.4. The van der Waals surface area contributed by atoms with Crippen LogP contribution in [0.4, 0.5) is 11.5 Å². The van der Waals surface area contributed by atoms with Gasteiger partial charge in [0.15, 0.2) is 0 Å². The van der Waals surface area contributed by atoms with Gasteiger partial charge in [0, 0.05) is 26.6 Å². The maximum atomic E-state index is 11.2. The lowest BCUT2D eigenvalue weighted by molar-refractivity contribution is -0.384. The van der Waals surface area contributed by atoms with E-state index in [1.165, 1.54) is 4.68 Å². The van der Waals surface area contributed by atoms with Crippen molar-refractivity contribution in [1.82, 2.24) is 9.78 Å². The van der Waals surface area contributed by atoms with Gasteiger partial charge in [0.1, 0.15) is 5.69 Å². The summed E-state index contributed by atoms with van der Waals surface area (Å²) < 4.78 is 6.80. The minimum atomic E-state index is -0.407. The fraction of sp³-hybridized carbons (Fsp3) is 0.750. The van der Waals surface area contributed by atoms with E-state index in [0.717, 1.165) is 0 Å². The third-order valence-electron chi connectivity index (χ3n) is 3.01. The number of methoxy groups -OCH3 is 1. The summed E-state index contributed by atoms with van der Waals surface area (Å²) in [6, 6.07) is 0. The monoisotopic (exact) mass is 270 g/mol. The second-order valence-corrected chi connectivity index (χ2v) is 5.44. The zero-order chi connectivity index (χ0) is 14.8. The molecule has 0 aromatic carbocycles. The van der Waals surface area contributed by atoms with Crippen LogP contribution in [0.5, 0.6) is 0 Å². The Morgan fingerprint density at radius 1 is 1.53 bits per heavy atom. The lowest BCUT2D eigenvalue weighted by atomic mass is 10.1. The van der Waals surface area contributed by atoms with Gasteiger partial charge in [-0.25, -0.2) is 4.68 Å². The van der Waals surface area contributed by atoms with Gasteiger partial charge in [0.05, 0.1) is 10.5 Å². The number of aryl methyl sites for hydroxylation is 1. The van der Waals surface area contributed by atoms with Gasteiger partial charge >= 0.3 is 5.69 Å². The zero-order valence-electron chi connectivity index (χ0n) is 12.4. The summed E-state index contributed by atoms with van der Waals surface area (Å²) in [7, 11) is 3.31. The average Bonchev–Trinajstić information content (AvgIpc) is 2.64. The number of nitro groups is 1. The Kier molecular flexibility index (Phi) is 4.52. The van der Waals surface area contributed by atoms with E-state index in [0.29, 0.717) is 18.1 Å². The van der Waals surface area contributed by atoms with Crippen LogP contribution in [-0.2, 0) is 11.8 Å². The Labute approximate surface area is 113 Å². The van der Waals surface area contributed by atoms with E-state index in [4.69, 9.17) is 4.74 Å². The Bertz CT molecular complexity index is 466. The summed E-state index contributed by atoms with van der Waals surface area (Å²) in [6.45, 7) is 8.05. The molecular weight excluding hydrogens is 248 g/mol. The molecule has 0 fully saturated rings.